The largest absolute Gasteiger partial charge is 0.856 e. The predicted molar refractivity (Wildman–Crippen MR) is 56.3 cm³/mol. The summed E-state index contributed by atoms with van der Waals surface area (Å²) in [7, 11) is -3.60. The summed E-state index contributed by atoms with van der Waals surface area (Å²) in [5.41, 5.74) is 0. The average molecular weight is 235 g/mol. The maximum absolute atomic E-state index is 11.2. The predicted octanol–water partition coefficient (Wildman–Crippen LogP) is -0.371. The van der Waals surface area contributed by atoms with E-state index in [1.165, 1.54) is 11.8 Å². The molecule has 0 aromatic carbocycles. The Morgan fingerprint density at radius 2 is 2.43 bits per heavy atom. The van der Waals surface area contributed by atoms with Gasteiger partial charge in [0.05, 0.1) is 12.8 Å². The number of hydrogen-bond acceptors (Lipinski definition) is 5. The zero-order valence-electron chi connectivity index (χ0n) is 7.93. The second-order valence-electron chi connectivity index (χ2n) is 2.92. The molecule has 7 heteroatoms. The molecule has 0 aliphatic carbocycles. The van der Waals surface area contributed by atoms with Crippen LogP contribution in [0.2, 0.25) is 0 Å². The fraction of sp³-hybridized carbons (Fsp3) is 0.714. The average Bonchev–Trinajstić information content (AvgIpc) is 2.48. The van der Waals surface area contributed by atoms with Crippen molar-refractivity contribution in [3.05, 3.63) is 0 Å². The van der Waals surface area contributed by atoms with Crippen molar-refractivity contribution in [3.8, 4) is 0 Å². The quantitative estimate of drug-likeness (QED) is 0.493. The minimum atomic E-state index is -3.60. The van der Waals surface area contributed by atoms with Crippen LogP contribution in [0, 0.1) is 0 Å². The van der Waals surface area contributed by atoms with E-state index >= 15 is 0 Å². The lowest BCUT2D eigenvalue weighted by molar-refractivity contribution is -0.208. The molecule has 0 amide bonds. The lowest BCUT2D eigenvalue weighted by atomic mass is 10.3. The molecule has 0 bridgehead atoms. The van der Waals surface area contributed by atoms with E-state index in [1.54, 1.807) is 0 Å². The van der Waals surface area contributed by atoms with Crippen molar-refractivity contribution in [2.75, 3.05) is 12.8 Å². The van der Waals surface area contributed by atoms with Crippen molar-refractivity contribution in [1.29, 1.82) is 0 Å². The molecule has 1 atom stereocenters. The Hall–Kier alpha value is -0.560. The van der Waals surface area contributed by atoms with Crippen molar-refractivity contribution < 1.29 is 13.5 Å². The van der Waals surface area contributed by atoms with Gasteiger partial charge in [-0.2, -0.15) is 4.40 Å². The fourth-order valence-corrected chi connectivity index (χ4v) is 2.31. The van der Waals surface area contributed by atoms with E-state index < -0.39 is 15.9 Å². The number of thioether (sulfide) groups is 1. The first-order valence-corrected chi connectivity index (χ1v) is 6.83. The Morgan fingerprint density at radius 1 is 1.79 bits per heavy atom. The molecular weight excluding hydrogens is 224 g/mol. The lowest BCUT2D eigenvalue weighted by Gasteiger charge is -2.09. The molecular formula is C7H11N2O3S2-. The van der Waals surface area contributed by atoms with Gasteiger partial charge in [0.2, 0.25) is 10.0 Å². The van der Waals surface area contributed by atoms with Gasteiger partial charge in [-0.1, -0.05) is 6.92 Å². The van der Waals surface area contributed by atoms with Gasteiger partial charge >= 0.3 is 0 Å². The molecule has 1 rings (SSSR count). The van der Waals surface area contributed by atoms with E-state index in [-0.39, 0.29) is 10.3 Å². The standard InChI is InChI=1S/C7H12N2O3S2/c1-3-5-4-8-7(13-5)6(10)9-14(2,11)12/h5H,3-4H2,1-2H3,(H,9,10)/p-1/t5-/m0/s1. The van der Waals surface area contributed by atoms with Gasteiger partial charge in [-0.15, -0.1) is 11.8 Å². The monoisotopic (exact) mass is 235 g/mol. The molecule has 5 nitrogen and oxygen atoms in total. The summed E-state index contributed by atoms with van der Waals surface area (Å²) in [5.74, 6) is -0.742. The van der Waals surface area contributed by atoms with Gasteiger partial charge in [-0.25, -0.2) is 8.42 Å². The van der Waals surface area contributed by atoms with Crippen molar-refractivity contribution in [1.82, 2.24) is 0 Å². The second-order valence-corrected chi connectivity index (χ2v) is 5.86. The Balaban J connectivity index is 2.74. The molecule has 0 spiro atoms. The first-order valence-electron chi connectivity index (χ1n) is 4.11. The van der Waals surface area contributed by atoms with Crippen LogP contribution in [0.1, 0.15) is 13.3 Å². The third-order valence-electron chi connectivity index (χ3n) is 1.60. The van der Waals surface area contributed by atoms with Crippen LogP contribution >= 0.6 is 11.8 Å². The summed E-state index contributed by atoms with van der Waals surface area (Å²) in [6.07, 6.45) is 1.80. The van der Waals surface area contributed by atoms with E-state index in [0.717, 1.165) is 12.7 Å². The highest BCUT2D eigenvalue weighted by molar-refractivity contribution is 8.16. The van der Waals surface area contributed by atoms with E-state index in [2.05, 4.69) is 9.39 Å². The van der Waals surface area contributed by atoms with Crippen LogP contribution in [0.25, 0.3) is 0 Å². The van der Waals surface area contributed by atoms with Gasteiger partial charge in [0.15, 0.2) is 0 Å². The minimum absolute atomic E-state index is 0.210. The van der Waals surface area contributed by atoms with Crippen LogP contribution in [0.15, 0.2) is 9.39 Å². The highest BCUT2D eigenvalue weighted by atomic mass is 32.2. The third-order valence-corrected chi connectivity index (χ3v) is 3.44. The van der Waals surface area contributed by atoms with Crippen molar-refractivity contribution in [3.63, 3.8) is 0 Å². The summed E-state index contributed by atoms with van der Waals surface area (Å²) in [4.78, 5) is 3.94. The van der Waals surface area contributed by atoms with E-state index in [9.17, 15) is 13.5 Å². The summed E-state index contributed by atoms with van der Waals surface area (Å²) >= 11 is 1.30. The zero-order chi connectivity index (χ0) is 10.8. The molecule has 1 aliphatic heterocycles. The van der Waals surface area contributed by atoms with Gasteiger partial charge in [0.1, 0.15) is 5.04 Å². The van der Waals surface area contributed by atoms with Gasteiger partial charge in [-0.05, 0) is 6.42 Å². The molecule has 80 valence electrons. The van der Waals surface area contributed by atoms with Crippen LogP contribution in [0.4, 0.5) is 0 Å². The Labute approximate surface area is 87.4 Å². The van der Waals surface area contributed by atoms with Crippen molar-refractivity contribution >= 4 is 32.7 Å². The third kappa shape index (κ3) is 3.30. The van der Waals surface area contributed by atoms with Crippen molar-refractivity contribution in [2.45, 2.75) is 18.6 Å². The first-order chi connectivity index (χ1) is 6.42. The number of aliphatic imine (C=N–C) groups is 1. The molecule has 0 radical (unpaired) electrons. The van der Waals surface area contributed by atoms with Gasteiger partial charge < -0.3 is 5.11 Å². The molecule has 1 heterocycles. The topological polar surface area (TPSA) is 81.9 Å². The van der Waals surface area contributed by atoms with E-state index in [1.807, 2.05) is 6.92 Å². The highest BCUT2D eigenvalue weighted by Gasteiger charge is 2.18. The van der Waals surface area contributed by atoms with Crippen LogP contribution in [-0.2, 0) is 10.0 Å². The maximum Gasteiger partial charge on any atom is 0.249 e. The van der Waals surface area contributed by atoms with Gasteiger partial charge in [0, 0.05) is 11.1 Å². The summed E-state index contributed by atoms with van der Waals surface area (Å²) < 4.78 is 24.4. The molecule has 0 saturated heterocycles. The molecule has 0 aromatic heterocycles. The SMILES string of the molecule is CC[C@H]1CN=C(C([O-])=NS(C)(=O)=O)S1. The Morgan fingerprint density at radius 3 is 2.86 bits per heavy atom. The molecule has 0 unspecified atom stereocenters. The van der Waals surface area contributed by atoms with Crippen LogP contribution in [0.3, 0.4) is 0 Å². The molecule has 0 fully saturated rings. The lowest BCUT2D eigenvalue weighted by Crippen LogP contribution is -2.26. The minimum Gasteiger partial charge on any atom is -0.856 e. The summed E-state index contributed by atoms with van der Waals surface area (Å²) in [5, 5.41) is 11.7. The summed E-state index contributed by atoms with van der Waals surface area (Å²) in [6.45, 7) is 2.57. The number of nitrogens with zero attached hydrogens (tertiary/aromatic N) is 2. The highest BCUT2D eigenvalue weighted by Crippen LogP contribution is 2.23. The maximum atomic E-state index is 11.2. The van der Waals surface area contributed by atoms with Crippen molar-refractivity contribution in [2.24, 2.45) is 9.39 Å². The number of sulfonamides is 1. The molecule has 1 aliphatic rings. The Kier molecular flexibility index (Phi) is 3.54. The molecule has 0 aromatic rings. The van der Waals surface area contributed by atoms with Crippen LogP contribution < -0.4 is 5.11 Å². The number of hydrogen-bond donors (Lipinski definition) is 0. The van der Waals surface area contributed by atoms with E-state index in [4.69, 9.17) is 0 Å². The summed E-state index contributed by atoms with van der Waals surface area (Å²) in [6, 6.07) is 0. The smallest absolute Gasteiger partial charge is 0.249 e. The molecule has 0 N–H and O–H groups in total. The fourth-order valence-electron chi connectivity index (χ4n) is 0.937. The molecule has 14 heavy (non-hydrogen) atoms. The zero-order valence-corrected chi connectivity index (χ0v) is 9.56. The first kappa shape index (κ1) is 11.5. The number of rotatable bonds is 3. The van der Waals surface area contributed by atoms with E-state index in [0.29, 0.717) is 6.54 Å². The van der Waals surface area contributed by atoms with Gasteiger partial charge in [-0.3, -0.25) is 4.99 Å². The Bertz CT molecular complexity index is 372. The van der Waals surface area contributed by atoms with Crippen LogP contribution in [0.5, 0.6) is 0 Å². The normalized spacial score (nSPS) is 23.7. The molecule has 0 saturated carbocycles. The van der Waals surface area contributed by atoms with Crippen LogP contribution in [-0.4, -0.2) is 37.4 Å². The van der Waals surface area contributed by atoms with Gasteiger partial charge in [0.25, 0.3) is 0 Å². The second kappa shape index (κ2) is 4.31.